The Hall–Kier alpha value is -1.89. The lowest BCUT2D eigenvalue weighted by Crippen LogP contribution is -2.40. The summed E-state index contributed by atoms with van der Waals surface area (Å²) in [5.74, 6) is -0.494. The maximum Gasteiger partial charge on any atom is 0.328 e. The molecule has 1 heterocycles. The minimum Gasteiger partial charge on any atom is -0.494 e. The summed E-state index contributed by atoms with van der Waals surface area (Å²) in [5, 5.41) is 19.6. The molecule has 22 heavy (non-hydrogen) atoms. The first kappa shape index (κ1) is 16.5. The number of aromatic hydroxyl groups is 1. The first-order valence-corrected chi connectivity index (χ1v) is 7.34. The molecule has 2 atom stereocenters. The van der Waals surface area contributed by atoms with Crippen molar-refractivity contribution in [3.05, 3.63) is 26.4 Å². The zero-order chi connectivity index (χ0) is 16.5. The molecule has 7 nitrogen and oxygen atoms in total. The number of aliphatic hydroxyl groups excluding tert-OH is 1. The van der Waals surface area contributed by atoms with E-state index >= 15 is 0 Å². The molecule has 1 aliphatic carbocycles. The second-order valence-corrected chi connectivity index (χ2v) is 7.35. The Morgan fingerprint density at radius 2 is 1.95 bits per heavy atom. The first-order valence-electron chi connectivity index (χ1n) is 7.34. The number of hydrogen-bond donors (Lipinski definition) is 4. The molecule has 1 aromatic rings. The fraction of sp³-hybridized carbons (Fsp3) is 0.667. The van der Waals surface area contributed by atoms with Crippen LogP contribution in [0.1, 0.15) is 45.6 Å². The Morgan fingerprint density at radius 3 is 2.55 bits per heavy atom. The van der Waals surface area contributed by atoms with Gasteiger partial charge in [-0.1, -0.05) is 20.8 Å². The van der Waals surface area contributed by atoms with Crippen LogP contribution < -0.4 is 11.2 Å². The van der Waals surface area contributed by atoms with Crippen LogP contribution in [-0.2, 0) is 0 Å². The summed E-state index contributed by atoms with van der Waals surface area (Å²) in [6.45, 7) is 6.74. The molecule has 1 fully saturated rings. The lowest BCUT2D eigenvalue weighted by Gasteiger charge is -2.44. The van der Waals surface area contributed by atoms with Crippen LogP contribution in [0.15, 0.2) is 14.6 Å². The highest BCUT2D eigenvalue weighted by molar-refractivity contribution is 5.81. The van der Waals surface area contributed by atoms with E-state index in [-0.39, 0.29) is 22.5 Å². The third-order valence-corrected chi connectivity index (χ3v) is 4.07. The fourth-order valence-electron chi connectivity index (χ4n) is 3.66. The summed E-state index contributed by atoms with van der Waals surface area (Å²) < 4.78 is 0. The van der Waals surface area contributed by atoms with Gasteiger partial charge in [0.2, 0.25) is 5.88 Å². The monoisotopic (exact) mass is 309 g/mol. The van der Waals surface area contributed by atoms with Crippen LogP contribution >= 0.6 is 0 Å². The first-order chi connectivity index (χ1) is 10.1. The van der Waals surface area contributed by atoms with Gasteiger partial charge in [-0.05, 0) is 30.1 Å². The molecule has 0 aromatic carbocycles. The van der Waals surface area contributed by atoms with Crippen LogP contribution in [0.4, 0.5) is 0 Å². The number of rotatable bonds is 3. The van der Waals surface area contributed by atoms with Crippen LogP contribution in [0, 0.1) is 10.8 Å². The van der Waals surface area contributed by atoms with Gasteiger partial charge < -0.3 is 10.2 Å². The van der Waals surface area contributed by atoms with Gasteiger partial charge in [0, 0.05) is 12.8 Å². The lowest BCUT2D eigenvalue weighted by molar-refractivity contribution is -0.00472. The minimum atomic E-state index is -0.760. The highest BCUT2D eigenvalue weighted by Gasteiger charge is 2.40. The van der Waals surface area contributed by atoms with E-state index in [2.05, 4.69) is 30.7 Å². The van der Waals surface area contributed by atoms with E-state index in [1.165, 1.54) is 6.21 Å². The van der Waals surface area contributed by atoms with Gasteiger partial charge in [0.1, 0.15) is 5.56 Å². The summed E-state index contributed by atoms with van der Waals surface area (Å²) in [6.07, 6.45) is 3.26. The van der Waals surface area contributed by atoms with Gasteiger partial charge in [-0.2, -0.15) is 0 Å². The average Bonchev–Trinajstić information content (AvgIpc) is 2.28. The van der Waals surface area contributed by atoms with Crippen molar-refractivity contribution in [2.45, 2.75) is 46.1 Å². The molecule has 1 saturated carbocycles. The van der Waals surface area contributed by atoms with E-state index in [0.717, 1.165) is 12.8 Å². The van der Waals surface area contributed by atoms with Crippen LogP contribution in [0.3, 0.4) is 0 Å². The van der Waals surface area contributed by atoms with Crippen molar-refractivity contribution < 1.29 is 10.2 Å². The number of nitrogens with one attached hydrogen (secondary N) is 2. The van der Waals surface area contributed by atoms with Gasteiger partial charge in [0.25, 0.3) is 5.56 Å². The number of nitrogens with zero attached hydrogens (tertiary/aromatic N) is 1. The second-order valence-electron chi connectivity index (χ2n) is 7.35. The van der Waals surface area contributed by atoms with Gasteiger partial charge >= 0.3 is 5.69 Å². The van der Waals surface area contributed by atoms with Gasteiger partial charge in [-0.15, -0.1) is 0 Å². The number of aromatic nitrogens is 2. The van der Waals surface area contributed by atoms with E-state index in [1.54, 1.807) is 0 Å². The van der Waals surface area contributed by atoms with Crippen molar-refractivity contribution >= 4 is 6.21 Å². The smallest absolute Gasteiger partial charge is 0.328 e. The van der Waals surface area contributed by atoms with Gasteiger partial charge in [-0.25, -0.2) is 4.79 Å². The Morgan fingerprint density at radius 1 is 1.27 bits per heavy atom. The maximum atomic E-state index is 11.6. The number of aliphatic imine (C=N–C) groups is 1. The van der Waals surface area contributed by atoms with E-state index < -0.39 is 17.1 Å². The van der Waals surface area contributed by atoms with Crippen molar-refractivity contribution in [2.75, 3.05) is 6.54 Å². The molecule has 0 spiro atoms. The largest absolute Gasteiger partial charge is 0.494 e. The molecule has 1 aliphatic rings. The molecule has 0 aliphatic heterocycles. The van der Waals surface area contributed by atoms with Gasteiger partial charge in [0.05, 0.1) is 6.10 Å². The molecule has 122 valence electrons. The molecule has 0 bridgehead atoms. The fourth-order valence-corrected chi connectivity index (χ4v) is 3.66. The third-order valence-electron chi connectivity index (χ3n) is 4.07. The topological polar surface area (TPSA) is 119 Å². The van der Waals surface area contributed by atoms with Crippen LogP contribution in [0.5, 0.6) is 5.88 Å². The molecule has 0 radical (unpaired) electrons. The number of aliphatic hydroxyl groups is 1. The number of aromatic amines is 2. The standard InChI is InChI=1S/C15H23N3O4/c1-14(2)4-9(19)5-15(3,7-14)8-16-6-10-11(20)17-13(22)18-12(10)21/h6,9,19H,4-5,7-8H2,1-3H3,(H3,17,18,20,21,22)/t9-,15+/m0/s1. The van der Waals surface area contributed by atoms with Crippen LogP contribution in [-0.4, -0.2) is 39.0 Å². The van der Waals surface area contributed by atoms with Crippen molar-refractivity contribution in [1.29, 1.82) is 0 Å². The SMILES string of the molecule is CC1(C)C[C@H](O)C[C@@](C)(CN=Cc2c(O)[nH]c(=O)[nH]c2=O)C1. The summed E-state index contributed by atoms with van der Waals surface area (Å²) >= 11 is 0. The molecule has 0 saturated heterocycles. The predicted octanol–water partition coefficient (Wildman–Crippen LogP) is 0.765. The Labute approximate surface area is 128 Å². The van der Waals surface area contributed by atoms with Crippen molar-refractivity contribution in [1.82, 2.24) is 9.97 Å². The maximum absolute atomic E-state index is 11.6. The third kappa shape index (κ3) is 3.85. The molecule has 1 aromatic heterocycles. The molecule has 2 rings (SSSR count). The molecule has 0 unspecified atom stereocenters. The van der Waals surface area contributed by atoms with Crippen LogP contribution in [0.25, 0.3) is 0 Å². The minimum absolute atomic E-state index is 0.0412. The zero-order valence-corrected chi connectivity index (χ0v) is 13.1. The van der Waals surface area contributed by atoms with Gasteiger partial charge in [0.15, 0.2) is 0 Å². The number of hydrogen-bond acceptors (Lipinski definition) is 5. The Kier molecular flexibility index (Phi) is 4.28. The average molecular weight is 309 g/mol. The number of H-pyrrole nitrogens is 2. The van der Waals surface area contributed by atoms with E-state index in [0.29, 0.717) is 13.0 Å². The quantitative estimate of drug-likeness (QED) is 0.616. The molecule has 0 amide bonds. The van der Waals surface area contributed by atoms with Crippen molar-refractivity contribution in [2.24, 2.45) is 15.8 Å². The van der Waals surface area contributed by atoms with E-state index in [1.807, 2.05) is 4.98 Å². The molecule has 7 heteroatoms. The Bertz CT molecular complexity index is 689. The summed E-state index contributed by atoms with van der Waals surface area (Å²) in [7, 11) is 0. The van der Waals surface area contributed by atoms with Crippen molar-refractivity contribution in [3.8, 4) is 5.88 Å². The highest BCUT2D eigenvalue weighted by atomic mass is 16.3. The normalized spacial score (nSPS) is 28.1. The van der Waals surface area contributed by atoms with Crippen LogP contribution in [0.2, 0.25) is 0 Å². The van der Waals surface area contributed by atoms with E-state index in [9.17, 15) is 19.8 Å². The predicted molar refractivity (Wildman–Crippen MR) is 83.6 cm³/mol. The molecule has 4 N–H and O–H groups in total. The lowest BCUT2D eigenvalue weighted by atomic mass is 9.63. The molecular weight excluding hydrogens is 286 g/mol. The van der Waals surface area contributed by atoms with Crippen molar-refractivity contribution in [3.63, 3.8) is 0 Å². The second kappa shape index (κ2) is 5.72. The Balaban J connectivity index is 2.15. The highest BCUT2D eigenvalue weighted by Crippen LogP contribution is 2.46. The summed E-state index contributed by atoms with van der Waals surface area (Å²) in [5.41, 5.74) is -1.64. The molecular formula is C15H23N3O4. The zero-order valence-electron chi connectivity index (χ0n) is 13.1. The summed E-state index contributed by atoms with van der Waals surface area (Å²) in [4.78, 5) is 31.0. The summed E-state index contributed by atoms with van der Waals surface area (Å²) in [6, 6.07) is 0. The van der Waals surface area contributed by atoms with Gasteiger partial charge in [-0.3, -0.25) is 19.8 Å². The van der Waals surface area contributed by atoms with E-state index in [4.69, 9.17) is 0 Å².